The molecule has 2 aliphatic heterocycles. The fourth-order valence-corrected chi connectivity index (χ4v) is 4.99. The predicted molar refractivity (Wildman–Crippen MR) is 138 cm³/mol. The summed E-state index contributed by atoms with van der Waals surface area (Å²) >= 11 is 4.19. The summed E-state index contributed by atoms with van der Waals surface area (Å²) in [4.78, 5) is 53.2. The third-order valence-corrected chi connectivity index (χ3v) is 6.95. The van der Waals surface area contributed by atoms with Crippen LogP contribution in [0.25, 0.3) is 6.08 Å². The number of imide groups is 1. The molecule has 0 atom stereocenters. The molecule has 0 aliphatic carbocycles. The van der Waals surface area contributed by atoms with E-state index >= 15 is 0 Å². The molecule has 4 rings (SSSR count). The summed E-state index contributed by atoms with van der Waals surface area (Å²) in [6, 6.07) is 14.2. The summed E-state index contributed by atoms with van der Waals surface area (Å²) in [5.41, 5.74) is 1.18. The van der Waals surface area contributed by atoms with Gasteiger partial charge >= 0.3 is 0 Å². The molecule has 0 spiro atoms. The van der Waals surface area contributed by atoms with Gasteiger partial charge in [-0.15, -0.1) is 0 Å². The van der Waals surface area contributed by atoms with Gasteiger partial charge in [-0.3, -0.25) is 24.1 Å². The maximum absolute atomic E-state index is 12.9. The number of nitrogens with one attached hydrogen (secondary N) is 1. The van der Waals surface area contributed by atoms with Crippen LogP contribution in [0.3, 0.4) is 0 Å². The predicted octanol–water partition coefficient (Wildman–Crippen LogP) is 4.52. The zero-order chi connectivity index (χ0) is 24.8. The summed E-state index contributed by atoms with van der Waals surface area (Å²) in [5.74, 6) is -0.684. The smallest absolute Gasteiger partial charge is 0.294 e. The summed E-state index contributed by atoms with van der Waals surface area (Å²) in [6.45, 7) is 0.815. The Balaban J connectivity index is 1.44. The first kappa shape index (κ1) is 25.0. The number of halogens is 1. The van der Waals surface area contributed by atoms with E-state index in [4.69, 9.17) is 4.74 Å². The monoisotopic (exact) mass is 557 g/mol. The van der Waals surface area contributed by atoms with Crippen LogP contribution in [0.2, 0.25) is 0 Å². The average molecular weight is 558 g/mol. The lowest BCUT2D eigenvalue weighted by Gasteiger charge is -2.27. The van der Waals surface area contributed by atoms with Crippen molar-refractivity contribution in [2.24, 2.45) is 0 Å². The second-order valence-corrected chi connectivity index (χ2v) is 10.0. The standard InChI is InChI=1S/C25H24BrN3O5S/c26-18-9-10-20(34-16-22(30)27-19-7-3-1-4-8-19)17(13-18)14-21-24(32)29(25(33)35-21)15-23(31)28-11-5-2-6-12-28/h1,3-4,7-10,13-14H,2,5-6,11-12,15-16H2,(H,27,30)/b21-14-. The lowest BCUT2D eigenvalue weighted by molar-refractivity contribution is -0.136. The lowest BCUT2D eigenvalue weighted by atomic mass is 10.1. The molecular formula is C25H24BrN3O5S. The Kier molecular flexibility index (Phi) is 8.25. The summed E-state index contributed by atoms with van der Waals surface area (Å²) < 4.78 is 6.45. The molecular weight excluding hydrogens is 534 g/mol. The highest BCUT2D eigenvalue weighted by atomic mass is 79.9. The van der Waals surface area contributed by atoms with Crippen molar-refractivity contribution in [3.05, 3.63) is 63.5 Å². The van der Waals surface area contributed by atoms with Crippen molar-refractivity contribution in [3.8, 4) is 5.75 Å². The first-order chi connectivity index (χ1) is 16.9. The SMILES string of the molecule is O=C(COc1ccc(Br)cc1/C=C1\SC(=O)N(CC(=O)N2CCCCC2)C1=O)Nc1ccccc1. The molecule has 2 aromatic carbocycles. The molecule has 8 nitrogen and oxygen atoms in total. The number of thioether (sulfide) groups is 1. The van der Waals surface area contributed by atoms with Crippen LogP contribution in [0.1, 0.15) is 24.8 Å². The van der Waals surface area contributed by atoms with Crippen LogP contribution in [0.5, 0.6) is 5.75 Å². The van der Waals surface area contributed by atoms with Crippen molar-refractivity contribution >= 4 is 62.4 Å². The highest BCUT2D eigenvalue weighted by Gasteiger charge is 2.37. The van der Waals surface area contributed by atoms with E-state index in [0.717, 1.165) is 40.4 Å². The van der Waals surface area contributed by atoms with E-state index in [-0.39, 0.29) is 29.9 Å². The number of hydrogen-bond donors (Lipinski definition) is 1. The van der Waals surface area contributed by atoms with E-state index in [9.17, 15) is 19.2 Å². The summed E-state index contributed by atoms with van der Waals surface area (Å²) in [5, 5.41) is 2.27. The van der Waals surface area contributed by atoms with Crippen LogP contribution in [0, 0.1) is 0 Å². The molecule has 0 unspecified atom stereocenters. The molecule has 2 aromatic rings. The molecule has 0 bridgehead atoms. The first-order valence-electron chi connectivity index (χ1n) is 11.2. The average Bonchev–Trinajstić information content (AvgIpc) is 3.12. The van der Waals surface area contributed by atoms with Gasteiger partial charge in [0.1, 0.15) is 12.3 Å². The number of piperidine rings is 1. The highest BCUT2D eigenvalue weighted by molar-refractivity contribution is 9.10. The third-order valence-electron chi connectivity index (χ3n) is 5.55. The van der Waals surface area contributed by atoms with Gasteiger partial charge in [0, 0.05) is 28.8 Å². The second-order valence-electron chi connectivity index (χ2n) is 8.09. The Morgan fingerprint density at radius 3 is 2.54 bits per heavy atom. The number of hydrogen-bond acceptors (Lipinski definition) is 6. The van der Waals surface area contributed by atoms with E-state index in [2.05, 4.69) is 21.2 Å². The topological polar surface area (TPSA) is 96.0 Å². The molecule has 4 amide bonds. The van der Waals surface area contributed by atoms with Gasteiger partial charge in [-0.25, -0.2) is 0 Å². The number of carbonyl (C=O) groups excluding carboxylic acids is 4. The molecule has 10 heteroatoms. The number of carbonyl (C=O) groups is 4. The van der Waals surface area contributed by atoms with Gasteiger partial charge in [-0.05, 0) is 67.4 Å². The summed E-state index contributed by atoms with van der Waals surface area (Å²) in [6.07, 6.45) is 4.50. The van der Waals surface area contributed by atoms with E-state index in [1.165, 1.54) is 0 Å². The number of anilines is 1. The minimum atomic E-state index is -0.516. The van der Waals surface area contributed by atoms with Crippen molar-refractivity contribution in [2.45, 2.75) is 19.3 Å². The van der Waals surface area contributed by atoms with Crippen LogP contribution in [0.4, 0.5) is 10.5 Å². The van der Waals surface area contributed by atoms with Crippen LogP contribution >= 0.6 is 27.7 Å². The van der Waals surface area contributed by atoms with E-state index < -0.39 is 11.1 Å². The lowest BCUT2D eigenvalue weighted by Crippen LogP contribution is -2.44. The Morgan fingerprint density at radius 1 is 1.06 bits per heavy atom. The van der Waals surface area contributed by atoms with Gasteiger partial charge in [0.2, 0.25) is 5.91 Å². The molecule has 2 fully saturated rings. The minimum Gasteiger partial charge on any atom is -0.483 e. The van der Waals surface area contributed by atoms with Crippen molar-refractivity contribution < 1.29 is 23.9 Å². The highest BCUT2D eigenvalue weighted by Crippen LogP contribution is 2.35. The van der Waals surface area contributed by atoms with Gasteiger partial charge in [0.15, 0.2) is 6.61 Å². The number of para-hydroxylation sites is 1. The van der Waals surface area contributed by atoms with E-state index in [1.807, 2.05) is 18.2 Å². The third kappa shape index (κ3) is 6.52. The van der Waals surface area contributed by atoms with Crippen molar-refractivity contribution in [3.63, 3.8) is 0 Å². The Morgan fingerprint density at radius 2 is 1.80 bits per heavy atom. The first-order valence-corrected chi connectivity index (χ1v) is 12.8. The molecule has 0 radical (unpaired) electrons. The van der Waals surface area contributed by atoms with Crippen molar-refractivity contribution in [1.82, 2.24) is 9.80 Å². The molecule has 2 heterocycles. The van der Waals surface area contributed by atoms with Gasteiger partial charge in [-0.2, -0.15) is 0 Å². The Hall–Kier alpha value is -3.11. The summed E-state index contributed by atoms with van der Waals surface area (Å²) in [7, 11) is 0. The molecule has 1 N–H and O–H groups in total. The van der Waals surface area contributed by atoms with E-state index in [1.54, 1.807) is 41.3 Å². The van der Waals surface area contributed by atoms with Crippen LogP contribution in [0.15, 0.2) is 57.9 Å². The fraction of sp³-hybridized carbons (Fsp3) is 0.280. The van der Waals surface area contributed by atoms with E-state index in [0.29, 0.717) is 30.1 Å². The normalized spacial score (nSPS) is 17.1. The quantitative estimate of drug-likeness (QED) is 0.503. The van der Waals surface area contributed by atoms with Crippen molar-refractivity contribution in [1.29, 1.82) is 0 Å². The number of amides is 4. The second kappa shape index (κ2) is 11.5. The fourth-order valence-electron chi connectivity index (χ4n) is 3.78. The molecule has 182 valence electrons. The molecule has 2 saturated heterocycles. The molecule has 2 aliphatic rings. The Labute approximate surface area is 215 Å². The van der Waals surface area contributed by atoms with Gasteiger partial charge in [0.05, 0.1) is 4.91 Å². The van der Waals surface area contributed by atoms with Gasteiger partial charge in [0.25, 0.3) is 17.1 Å². The maximum atomic E-state index is 12.9. The molecule has 0 saturated carbocycles. The Bertz CT molecular complexity index is 1160. The molecule has 0 aromatic heterocycles. The van der Waals surface area contributed by atoms with Crippen LogP contribution in [-0.2, 0) is 14.4 Å². The zero-order valence-corrected chi connectivity index (χ0v) is 21.3. The minimum absolute atomic E-state index is 0.193. The number of benzene rings is 2. The van der Waals surface area contributed by atoms with Gasteiger partial charge < -0.3 is 15.0 Å². The molecule has 35 heavy (non-hydrogen) atoms. The van der Waals surface area contributed by atoms with Crippen LogP contribution in [-0.4, -0.2) is 59.0 Å². The number of ether oxygens (including phenoxy) is 1. The number of nitrogens with zero attached hydrogens (tertiary/aromatic N) is 2. The largest absolute Gasteiger partial charge is 0.483 e. The maximum Gasteiger partial charge on any atom is 0.294 e. The van der Waals surface area contributed by atoms with Crippen molar-refractivity contribution in [2.75, 3.05) is 31.6 Å². The zero-order valence-electron chi connectivity index (χ0n) is 18.9. The number of rotatable bonds is 7. The van der Waals surface area contributed by atoms with Crippen LogP contribution < -0.4 is 10.1 Å². The number of likely N-dealkylation sites (tertiary alicyclic amines) is 1. The van der Waals surface area contributed by atoms with Gasteiger partial charge in [-0.1, -0.05) is 34.1 Å².